The van der Waals surface area contributed by atoms with Crippen LogP contribution in [0.2, 0.25) is 0 Å². The van der Waals surface area contributed by atoms with Crippen LogP contribution < -0.4 is 20.1 Å². The molecule has 0 aliphatic carbocycles. The van der Waals surface area contributed by atoms with Crippen LogP contribution in [0.15, 0.2) is 36.5 Å². The van der Waals surface area contributed by atoms with Gasteiger partial charge in [-0.3, -0.25) is 4.79 Å². The summed E-state index contributed by atoms with van der Waals surface area (Å²) in [6.07, 6.45) is 4.09. The molecule has 25 heavy (non-hydrogen) atoms. The number of benzene rings is 1. The highest BCUT2D eigenvalue weighted by molar-refractivity contribution is 5.90. The minimum absolute atomic E-state index is 0.0229. The Bertz CT molecular complexity index is 687. The maximum absolute atomic E-state index is 11.7. The quantitative estimate of drug-likeness (QED) is 0.724. The maximum Gasteiger partial charge on any atom is 0.224 e. The minimum Gasteiger partial charge on any atom is -0.493 e. The first kappa shape index (κ1) is 18.6. The van der Waals surface area contributed by atoms with Crippen molar-refractivity contribution >= 4 is 17.4 Å². The zero-order valence-corrected chi connectivity index (χ0v) is 15.0. The molecule has 0 unspecified atom stereocenters. The summed E-state index contributed by atoms with van der Waals surface area (Å²) in [4.78, 5) is 16.0. The molecule has 0 fully saturated rings. The van der Waals surface area contributed by atoms with Gasteiger partial charge in [-0.05, 0) is 36.2 Å². The van der Waals surface area contributed by atoms with Crippen LogP contribution in [0.3, 0.4) is 0 Å². The van der Waals surface area contributed by atoms with Crippen LogP contribution in [0.4, 0.5) is 11.5 Å². The number of carbonyl (C=O) groups excluding carboxylic acids is 1. The molecule has 0 aliphatic heterocycles. The number of carbonyl (C=O) groups is 1. The smallest absolute Gasteiger partial charge is 0.224 e. The van der Waals surface area contributed by atoms with Crippen molar-refractivity contribution in [3.05, 3.63) is 42.1 Å². The molecule has 0 bridgehead atoms. The zero-order chi connectivity index (χ0) is 18.1. The van der Waals surface area contributed by atoms with E-state index in [1.807, 2.05) is 30.3 Å². The largest absolute Gasteiger partial charge is 0.493 e. The molecule has 6 heteroatoms. The molecule has 6 nitrogen and oxygen atoms in total. The first-order chi connectivity index (χ1) is 12.2. The molecule has 0 saturated heterocycles. The molecule has 2 aromatic rings. The Morgan fingerprint density at radius 1 is 1.12 bits per heavy atom. The second-order valence-electron chi connectivity index (χ2n) is 5.63. The van der Waals surface area contributed by atoms with Gasteiger partial charge in [0.05, 0.1) is 26.1 Å². The van der Waals surface area contributed by atoms with E-state index in [0.29, 0.717) is 30.2 Å². The van der Waals surface area contributed by atoms with Crippen LogP contribution in [-0.4, -0.2) is 25.1 Å². The highest BCUT2D eigenvalue weighted by Gasteiger charge is 2.05. The molecule has 0 saturated carbocycles. The van der Waals surface area contributed by atoms with Crippen LogP contribution in [0.5, 0.6) is 11.5 Å². The summed E-state index contributed by atoms with van der Waals surface area (Å²) in [7, 11) is 3.23. The molecule has 0 spiro atoms. The van der Waals surface area contributed by atoms with Crippen molar-refractivity contribution in [2.75, 3.05) is 24.9 Å². The number of aromatic nitrogens is 1. The number of pyridine rings is 1. The van der Waals surface area contributed by atoms with Crippen molar-refractivity contribution < 1.29 is 14.3 Å². The lowest BCUT2D eigenvalue weighted by Gasteiger charge is -2.11. The molecule has 1 heterocycles. The number of hydrogen-bond donors (Lipinski definition) is 2. The molecule has 2 rings (SSSR count). The molecule has 0 aliphatic rings. The summed E-state index contributed by atoms with van der Waals surface area (Å²) in [5, 5.41) is 6.09. The van der Waals surface area contributed by atoms with Gasteiger partial charge in [0.25, 0.3) is 0 Å². The van der Waals surface area contributed by atoms with Gasteiger partial charge in [-0.2, -0.15) is 0 Å². The van der Waals surface area contributed by atoms with Crippen LogP contribution in [0, 0.1) is 0 Å². The SMILES string of the molecule is CCCCC(=O)Nc1ccc(NCc2ccc(OC)c(OC)c2)nc1. The van der Waals surface area contributed by atoms with Crippen molar-refractivity contribution in [2.45, 2.75) is 32.7 Å². The molecule has 2 N–H and O–H groups in total. The van der Waals surface area contributed by atoms with Crippen molar-refractivity contribution in [1.29, 1.82) is 0 Å². The third-order valence-electron chi connectivity index (χ3n) is 3.73. The van der Waals surface area contributed by atoms with E-state index in [1.165, 1.54) is 0 Å². The van der Waals surface area contributed by atoms with Gasteiger partial charge in [-0.1, -0.05) is 19.4 Å². The third kappa shape index (κ3) is 5.67. The molecule has 0 radical (unpaired) electrons. The van der Waals surface area contributed by atoms with Gasteiger partial charge in [-0.15, -0.1) is 0 Å². The maximum atomic E-state index is 11.7. The first-order valence-electron chi connectivity index (χ1n) is 8.37. The van der Waals surface area contributed by atoms with Crippen LogP contribution in [0.1, 0.15) is 31.7 Å². The summed E-state index contributed by atoms with van der Waals surface area (Å²) >= 11 is 0. The number of rotatable bonds is 9. The monoisotopic (exact) mass is 343 g/mol. The van der Waals surface area contributed by atoms with Gasteiger partial charge in [-0.25, -0.2) is 4.98 Å². The lowest BCUT2D eigenvalue weighted by molar-refractivity contribution is -0.116. The van der Waals surface area contributed by atoms with Crippen molar-refractivity contribution in [3.63, 3.8) is 0 Å². The fourth-order valence-corrected chi connectivity index (χ4v) is 2.32. The second kappa shape index (κ2) is 9.52. The predicted octanol–water partition coefficient (Wildman–Crippen LogP) is 3.84. The number of nitrogens with one attached hydrogen (secondary N) is 2. The van der Waals surface area contributed by atoms with Gasteiger partial charge in [0, 0.05) is 13.0 Å². The number of methoxy groups -OCH3 is 2. The summed E-state index contributed by atoms with van der Waals surface area (Å²) in [6, 6.07) is 9.45. The summed E-state index contributed by atoms with van der Waals surface area (Å²) in [6.45, 7) is 2.67. The lowest BCUT2D eigenvalue weighted by atomic mass is 10.2. The number of nitrogens with zero attached hydrogens (tertiary/aromatic N) is 1. The van der Waals surface area contributed by atoms with E-state index < -0.39 is 0 Å². The van der Waals surface area contributed by atoms with Crippen molar-refractivity contribution in [3.8, 4) is 11.5 Å². The topological polar surface area (TPSA) is 72.5 Å². The Morgan fingerprint density at radius 2 is 1.92 bits per heavy atom. The molecule has 134 valence electrons. The van der Waals surface area contributed by atoms with Crippen LogP contribution in [-0.2, 0) is 11.3 Å². The molecule has 0 atom stereocenters. The van der Waals surface area contributed by atoms with Crippen molar-refractivity contribution in [2.24, 2.45) is 0 Å². The lowest BCUT2D eigenvalue weighted by Crippen LogP contribution is -2.11. The van der Waals surface area contributed by atoms with Gasteiger partial charge in [0.2, 0.25) is 5.91 Å². The van der Waals surface area contributed by atoms with E-state index in [0.717, 1.165) is 24.2 Å². The molecule has 1 amide bonds. The van der Waals surface area contributed by atoms with Gasteiger partial charge in [0.1, 0.15) is 5.82 Å². The van der Waals surface area contributed by atoms with E-state index in [1.54, 1.807) is 20.4 Å². The van der Waals surface area contributed by atoms with Crippen LogP contribution in [0.25, 0.3) is 0 Å². The third-order valence-corrected chi connectivity index (χ3v) is 3.73. The predicted molar refractivity (Wildman–Crippen MR) is 99.3 cm³/mol. The van der Waals surface area contributed by atoms with E-state index in [4.69, 9.17) is 9.47 Å². The number of hydrogen-bond acceptors (Lipinski definition) is 5. The average Bonchev–Trinajstić information content (AvgIpc) is 2.65. The summed E-state index contributed by atoms with van der Waals surface area (Å²) in [5.41, 5.74) is 1.76. The number of amides is 1. The zero-order valence-electron chi connectivity index (χ0n) is 15.0. The number of ether oxygens (including phenoxy) is 2. The average molecular weight is 343 g/mol. The standard InChI is InChI=1S/C19H25N3O3/c1-4-5-6-19(23)22-15-8-10-18(21-13-15)20-12-14-7-9-16(24-2)17(11-14)25-3/h7-11,13H,4-6,12H2,1-3H3,(H,20,21)(H,22,23). The fourth-order valence-electron chi connectivity index (χ4n) is 2.32. The summed E-state index contributed by atoms with van der Waals surface area (Å²) < 4.78 is 10.5. The van der Waals surface area contributed by atoms with E-state index in [-0.39, 0.29) is 5.91 Å². The number of anilines is 2. The molecule has 1 aromatic carbocycles. The van der Waals surface area contributed by atoms with Crippen molar-refractivity contribution in [1.82, 2.24) is 4.98 Å². The van der Waals surface area contributed by atoms with E-state index >= 15 is 0 Å². The highest BCUT2D eigenvalue weighted by atomic mass is 16.5. The van der Waals surface area contributed by atoms with Crippen LogP contribution >= 0.6 is 0 Å². The van der Waals surface area contributed by atoms with Gasteiger partial charge < -0.3 is 20.1 Å². The first-order valence-corrected chi connectivity index (χ1v) is 8.37. The normalized spacial score (nSPS) is 10.2. The summed E-state index contributed by atoms with van der Waals surface area (Å²) in [5.74, 6) is 2.16. The number of unbranched alkanes of at least 4 members (excludes halogenated alkanes) is 1. The highest BCUT2D eigenvalue weighted by Crippen LogP contribution is 2.27. The Hall–Kier alpha value is -2.76. The molecule has 1 aromatic heterocycles. The Balaban J connectivity index is 1.90. The molecular formula is C19H25N3O3. The van der Waals surface area contributed by atoms with Gasteiger partial charge >= 0.3 is 0 Å². The van der Waals surface area contributed by atoms with E-state index in [2.05, 4.69) is 22.5 Å². The van der Waals surface area contributed by atoms with Gasteiger partial charge in [0.15, 0.2) is 11.5 Å². The Kier molecular flexibility index (Phi) is 7.07. The fraction of sp³-hybridized carbons (Fsp3) is 0.368. The minimum atomic E-state index is 0.0229. The molecular weight excluding hydrogens is 318 g/mol. The Morgan fingerprint density at radius 3 is 2.56 bits per heavy atom. The van der Waals surface area contributed by atoms with E-state index in [9.17, 15) is 4.79 Å². The Labute approximate surface area is 148 Å². The second-order valence-corrected chi connectivity index (χ2v) is 5.63.